The lowest BCUT2D eigenvalue weighted by Crippen LogP contribution is -2.40. The number of nitrogens with zero attached hydrogens (tertiary/aromatic N) is 2. The molecule has 270 valence electrons. The van der Waals surface area contributed by atoms with E-state index in [1.165, 1.54) is 49.3 Å². The maximum absolute atomic E-state index is 6.56. The fourth-order valence-electron chi connectivity index (χ4n) is 9.18. The molecule has 0 spiro atoms. The molecular formula is C52H36N4O. The largest absolute Gasteiger partial charge is 0.457 e. The highest BCUT2D eigenvalue weighted by atomic mass is 16.3. The zero-order valence-electron chi connectivity index (χ0n) is 30.9. The second-order valence-electron chi connectivity index (χ2n) is 15.0. The first-order valence-corrected chi connectivity index (χ1v) is 19.6. The van der Waals surface area contributed by atoms with Crippen molar-refractivity contribution in [1.29, 1.82) is 0 Å². The number of rotatable bonds is 5. The monoisotopic (exact) mass is 732 g/mol. The molecule has 0 radical (unpaired) electrons. The van der Waals surface area contributed by atoms with Crippen LogP contribution in [0, 0.1) is 0 Å². The summed E-state index contributed by atoms with van der Waals surface area (Å²) in [6, 6.07) is 69.6. The van der Waals surface area contributed by atoms with Gasteiger partial charge in [0.15, 0.2) is 6.29 Å². The van der Waals surface area contributed by atoms with Crippen molar-refractivity contribution in [3.63, 3.8) is 0 Å². The highest BCUT2D eigenvalue weighted by Crippen LogP contribution is 2.44. The number of furan rings is 1. The van der Waals surface area contributed by atoms with Gasteiger partial charge in [-0.25, -0.2) is 0 Å². The number of anilines is 1. The molecule has 11 aromatic rings. The molecule has 2 N–H and O–H groups in total. The van der Waals surface area contributed by atoms with E-state index in [0.29, 0.717) is 0 Å². The van der Waals surface area contributed by atoms with Crippen LogP contribution in [0.3, 0.4) is 0 Å². The predicted octanol–water partition coefficient (Wildman–Crippen LogP) is 13.2. The van der Waals surface area contributed by atoms with Crippen LogP contribution in [-0.2, 0) is 0 Å². The Balaban J connectivity index is 1.02. The van der Waals surface area contributed by atoms with E-state index < -0.39 is 0 Å². The van der Waals surface area contributed by atoms with E-state index >= 15 is 0 Å². The molecule has 12 rings (SSSR count). The molecular weight excluding hydrogens is 697 g/mol. The van der Waals surface area contributed by atoms with E-state index in [-0.39, 0.29) is 12.3 Å². The Hall–Kier alpha value is -7.34. The van der Waals surface area contributed by atoms with Gasteiger partial charge in [0, 0.05) is 32.6 Å². The summed E-state index contributed by atoms with van der Waals surface area (Å²) < 4.78 is 11.4. The van der Waals surface area contributed by atoms with E-state index in [4.69, 9.17) is 4.42 Å². The van der Waals surface area contributed by atoms with Crippen molar-refractivity contribution in [3.8, 4) is 27.9 Å². The minimum atomic E-state index is -0.259. The van der Waals surface area contributed by atoms with E-state index in [0.717, 1.165) is 50.3 Å². The highest BCUT2D eigenvalue weighted by molar-refractivity contribution is 6.12. The van der Waals surface area contributed by atoms with Crippen molar-refractivity contribution in [2.24, 2.45) is 0 Å². The second kappa shape index (κ2) is 12.6. The molecule has 2 unspecified atom stereocenters. The Bertz CT molecular complexity index is 3300. The minimum absolute atomic E-state index is 0.148. The van der Waals surface area contributed by atoms with Gasteiger partial charge < -0.3 is 18.9 Å². The Kier molecular flexibility index (Phi) is 7.06. The molecule has 5 nitrogen and oxygen atoms in total. The van der Waals surface area contributed by atoms with Gasteiger partial charge in [-0.1, -0.05) is 146 Å². The van der Waals surface area contributed by atoms with Crippen LogP contribution in [0.15, 0.2) is 199 Å². The summed E-state index contributed by atoms with van der Waals surface area (Å²) in [6.07, 6.45) is -0.259. The summed E-state index contributed by atoms with van der Waals surface area (Å²) in [5.41, 5.74) is 13.6. The van der Waals surface area contributed by atoms with Crippen LogP contribution in [0.1, 0.15) is 23.7 Å². The smallest absolute Gasteiger partial charge is 0.160 e. The van der Waals surface area contributed by atoms with Gasteiger partial charge in [0.25, 0.3) is 0 Å². The maximum Gasteiger partial charge on any atom is 0.160 e. The zero-order valence-corrected chi connectivity index (χ0v) is 30.9. The van der Waals surface area contributed by atoms with Gasteiger partial charge in [-0.05, 0) is 76.3 Å². The molecule has 0 saturated carbocycles. The third-order valence-corrected chi connectivity index (χ3v) is 11.8. The number of para-hydroxylation sites is 3. The SMILES string of the molecule is c1ccc(-c2ccc(-n3c4ccccc4c4ccc(-c5ccc6c7ccccc7n(C7Nc8c(oc9ccccc89)C(c8ccccc8)N7)c6c5)cc43)cc2)cc1. The van der Waals surface area contributed by atoms with Crippen LogP contribution in [0.4, 0.5) is 5.69 Å². The first-order valence-electron chi connectivity index (χ1n) is 19.6. The van der Waals surface area contributed by atoms with Gasteiger partial charge in [-0.3, -0.25) is 5.32 Å². The summed E-state index contributed by atoms with van der Waals surface area (Å²) in [5.74, 6) is 0.901. The van der Waals surface area contributed by atoms with E-state index in [1.807, 2.05) is 6.07 Å². The Morgan fingerprint density at radius 2 is 0.965 bits per heavy atom. The molecule has 0 fully saturated rings. The summed E-state index contributed by atoms with van der Waals surface area (Å²) >= 11 is 0. The van der Waals surface area contributed by atoms with Crippen LogP contribution in [0.5, 0.6) is 0 Å². The third-order valence-electron chi connectivity index (χ3n) is 11.8. The molecule has 8 aromatic carbocycles. The molecule has 3 aromatic heterocycles. The van der Waals surface area contributed by atoms with Gasteiger partial charge in [0.2, 0.25) is 0 Å². The number of nitrogens with one attached hydrogen (secondary N) is 2. The zero-order chi connectivity index (χ0) is 37.5. The van der Waals surface area contributed by atoms with Gasteiger partial charge in [0.05, 0.1) is 33.8 Å². The fourth-order valence-corrected chi connectivity index (χ4v) is 9.18. The van der Waals surface area contributed by atoms with Crippen LogP contribution < -0.4 is 10.6 Å². The molecule has 5 heteroatoms. The summed E-state index contributed by atoms with van der Waals surface area (Å²) in [6.45, 7) is 0. The number of fused-ring (bicyclic) bond motifs is 9. The van der Waals surface area contributed by atoms with Crippen LogP contribution in [-0.4, -0.2) is 9.13 Å². The molecule has 1 aliphatic rings. The summed E-state index contributed by atoms with van der Waals surface area (Å²) in [5, 5.41) is 13.9. The fraction of sp³-hybridized carbons (Fsp3) is 0.0385. The first-order chi connectivity index (χ1) is 28.3. The minimum Gasteiger partial charge on any atom is -0.457 e. The van der Waals surface area contributed by atoms with Crippen LogP contribution >= 0.6 is 0 Å². The third kappa shape index (κ3) is 4.99. The number of benzene rings is 8. The highest BCUT2D eigenvalue weighted by Gasteiger charge is 2.34. The van der Waals surface area contributed by atoms with Gasteiger partial charge in [0.1, 0.15) is 11.3 Å². The molecule has 0 amide bonds. The number of hydrogen-bond donors (Lipinski definition) is 2. The van der Waals surface area contributed by atoms with Gasteiger partial charge in [-0.2, -0.15) is 0 Å². The number of hydrogen-bond acceptors (Lipinski definition) is 3. The first kappa shape index (κ1) is 32.0. The average Bonchev–Trinajstić information content (AvgIpc) is 3.94. The van der Waals surface area contributed by atoms with Crippen LogP contribution in [0.2, 0.25) is 0 Å². The Labute approximate surface area is 329 Å². The summed E-state index contributed by atoms with van der Waals surface area (Å²) in [4.78, 5) is 0. The lowest BCUT2D eigenvalue weighted by Gasteiger charge is -2.34. The van der Waals surface area contributed by atoms with Crippen molar-refractivity contribution in [1.82, 2.24) is 14.5 Å². The molecule has 0 bridgehead atoms. The van der Waals surface area contributed by atoms with Gasteiger partial charge >= 0.3 is 0 Å². The Morgan fingerprint density at radius 1 is 0.421 bits per heavy atom. The molecule has 57 heavy (non-hydrogen) atoms. The van der Waals surface area contributed by atoms with Crippen molar-refractivity contribution in [2.45, 2.75) is 12.3 Å². The van der Waals surface area contributed by atoms with Crippen molar-refractivity contribution in [3.05, 3.63) is 205 Å². The second-order valence-corrected chi connectivity index (χ2v) is 15.0. The van der Waals surface area contributed by atoms with Crippen molar-refractivity contribution in [2.75, 3.05) is 5.32 Å². The van der Waals surface area contributed by atoms with Crippen molar-refractivity contribution >= 4 is 60.3 Å². The van der Waals surface area contributed by atoms with Crippen LogP contribution in [0.25, 0.3) is 82.5 Å². The van der Waals surface area contributed by atoms with E-state index in [1.54, 1.807) is 0 Å². The van der Waals surface area contributed by atoms with E-state index in [2.05, 4.69) is 208 Å². The topological polar surface area (TPSA) is 47.1 Å². The molecule has 0 saturated heterocycles. The summed E-state index contributed by atoms with van der Waals surface area (Å²) in [7, 11) is 0. The molecule has 1 aliphatic heterocycles. The standard InChI is InChI=1S/C52H36N4O/c1-3-13-33(14-4-1)34-23-27-38(28-24-34)55-44-20-10-7-17-39(44)41-29-25-36(31-46(41)55)37-26-30-42-40-18-8-11-21-45(40)56(47(42)32-37)52-53-49(35-15-5-2-6-16-35)51-50(54-52)43-19-9-12-22-48(43)57-51/h1-32,49,52-54H. The molecule has 4 heterocycles. The lowest BCUT2D eigenvalue weighted by molar-refractivity contribution is 0.371. The van der Waals surface area contributed by atoms with Crippen molar-refractivity contribution < 1.29 is 4.42 Å². The Morgan fingerprint density at radius 3 is 1.72 bits per heavy atom. The number of aromatic nitrogens is 2. The van der Waals surface area contributed by atoms with Gasteiger partial charge in [-0.15, -0.1) is 0 Å². The maximum atomic E-state index is 6.56. The van der Waals surface area contributed by atoms with E-state index in [9.17, 15) is 0 Å². The predicted molar refractivity (Wildman–Crippen MR) is 235 cm³/mol. The molecule has 2 atom stereocenters. The molecule has 0 aliphatic carbocycles. The lowest BCUT2D eigenvalue weighted by atomic mass is 10.0. The quantitative estimate of drug-likeness (QED) is 0.185. The normalized spacial score (nSPS) is 15.4. The average molecular weight is 733 g/mol.